The van der Waals surface area contributed by atoms with Crippen LogP contribution in [-0.2, 0) is 10.9 Å². The molecule has 0 radical (unpaired) electrons. The van der Waals surface area contributed by atoms with Crippen molar-refractivity contribution in [1.29, 1.82) is 0 Å². The molecule has 0 aromatic heterocycles. The Bertz CT molecular complexity index is 613. The van der Waals surface area contributed by atoms with Gasteiger partial charge in [-0.15, -0.1) is 0 Å². The van der Waals surface area contributed by atoms with Gasteiger partial charge in [-0.3, -0.25) is 0 Å². The molecule has 21 heavy (non-hydrogen) atoms. The molecule has 2 aromatic carbocycles. The van der Waals surface area contributed by atoms with Gasteiger partial charge in [-0.1, -0.05) is 49.4 Å². The smallest absolute Gasteiger partial charge is 0.0795 e. The van der Waals surface area contributed by atoms with Crippen LogP contribution >= 0.6 is 11.8 Å². The molecule has 3 rings (SSSR count). The van der Waals surface area contributed by atoms with Crippen molar-refractivity contribution in [3.63, 3.8) is 0 Å². The van der Waals surface area contributed by atoms with E-state index in [0.29, 0.717) is 0 Å². The van der Waals surface area contributed by atoms with Crippen molar-refractivity contribution in [2.24, 2.45) is 0 Å². The summed E-state index contributed by atoms with van der Waals surface area (Å²) < 4.78 is 0. The highest BCUT2D eigenvalue weighted by Crippen LogP contribution is 2.47. The first-order chi connectivity index (χ1) is 10.3. The van der Waals surface area contributed by atoms with Crippen LogP contribution < -0.4 is 0 Å². The summed E-state index contributed by atoms with van der Waals surface area (Å²) in [6.45, 7) is 4.57. The third-order valence-electron chi connectivity index (χ3n) is 3.67. The van der Waals surface area contributed by atoms with Crippen LogP contribution in [0.4, 0.5) is 0 Å². The second kappa shape index (κ2) is 6.76. The number of hydrogen-bond donors (Lipinski definition) is 0. The van der Waals surface area contributed by atoms with Gasteiger partial charge in [0.15, 0.2) is 9.79 Å². The SMILES string of the molecule is CCCC/C=C(\C)[S+]1c2ccccc2Sc2ccccc21. The lowest BCUT2D eigenvalue weighted by Gasteiger charge is -2.19. The van der Waals surface area contributed by atoms with E-state index >= 15 is 0 Å². The molecule has 0 nitrogen and oxygen atoms in total. The summed E-state index contributed by atoms with van der Waals surface area (Å²) in [5.74, 6) is 0. The number of rotatable bonds is 4. The van der Waals surface area contributed by atoms with Gasteiger partial charge >= 0.3 is 0 Å². The fourth-order valence-electron chi connectivity index (χ4n) is 2.58. The standard InChI is InChI=1S/C19H21S2/c1-3-4-5-10-15(2)21-18-13-8-6-11-16(18)20-17-12-7-9-14-19(17)21/h6-14H,3-5H2,1-2H3/q+1/b15-10+. The molecule has 1 aliphatic rings. The van der Waals surface area contributed by atoms with Crippen LogP contribution in [0.1, 0.15) is 33.1 Å². The first kappa shape index (κ1) is 14.8. The minimum atomic E-state index is 0.0975. The minimum absolute atomic E-state index is 0.0975. The molecule has 0 N–H and O–H groups in total. The molecule has 0 atom stereocenters. The largest absolute Gasteiger partial charge is 0.180 e. The first-order valence-electron chi connectivity index (χ1n) is 7.58. The third-order valence-corrected chi connectivity index (χ3v) is 7.48. The molecule has 0 saturated heterocycles. The van der Waals surface area contributed by atoms with Gasteiger partial charge in [-0.25, -0.2) is 0 Å². The Morgan fingerprint density at radius 2 is 1.57 bits per heavy atom. The topological polar surface area (TPSA) is 0 Å². The zero-order valence-electron chi connectivity index (χ0n) is 12.6. The molecule has 1 aliphatic heterocycles. The average Bonchev–Trinajstić information content (AvgIpc) is 2.52. The van der Waals surface area contributed by atoms with Gasteiger partial charge in [0.1, 0.15) is 4.91 Å². The van der Waals surface area contributed by atoms with Crippen LogP contribution in [0.15, 0.2) is 79.1 Å². The summed E-state index contributed by atoms with van der Waals surface area (Å²) >= 11 is 1.91. The highest BCUT2D eigenvalue weighted by Gasteiger charge is 2.37. The minimum Gasteiger partial charge on any atom is -0.0795 e. The van der Waals surface area contributed by atoms with Crippen molar-refractivity contribution in [1.82, 2.24) is 0 Å². The fraction of sp³-hybridized carbons (Fsp3) is 0.263. The highest BCUT2D eigenvalue weighted by atomic mass is 32.2. The Morgan fingerprint density at radius 1 is 1.00 bits per heavy atom. The van der Waals surface area contributed by atoms with Crippen molar-refractivity contribution in [3.05, 3.63) is 59.5 Å². The number of benzene rings is 2. The Kier molecular flexibility index (Phi) is 4.77. The number of fused-ring (bicyclic) bond motifs is 2. The quantitative estimate of drug-likeness (QED) is 0.472. The van der Waals surface area contributed by atoms with E-state index in [4.69, 9.17) is 0 Å². The van der Waals surface area contributed by atoms with E-state index in [1.807, 2.05) is 11.8 Å². The summed E-state index contributed by atoms with van der Waals surface area (Å²) in [5.41, 5.74) is 0. The van der Waals surface area contributed by atoms with E-state index in [0.717, 1.165) is 0 Å². The van der Waals surface area contributed by atoms with E-state index in [2.05, 4.69) is 68.5 Å². The van der Waals surface area contributed by atoms with Crippen molar-refractivity contribution in [3.8, 4) is 0 Å². The lowest BCUT2D eigenvalue weighted by molar-refractivity contribution is 0.813. The second-order valence-electron chi connectivity index (χ2n) is 5.26. The van der Waals surface area contributed by atoms with E-state index in [1.165, 1.54) is 43.7 Å². The van der Waals surface area contributed by atoms with Crippen LogP contribution in [0.2, 0.25) is 0 Å². The maximum atomic E-state index is 2.45. The van der Waals surface area contributed by atoms with E-state index in [9.17, 15) is 0 Å². The van der Waals surface area contributed by atoms with Gasteiger partial charge < -0.3 is 0 Å². The summed E-state index contributed by atoms with van der Waals surface area (Å²) in [7, 11) is 0.0975. The molecule has 108 valence electrons. The summed E-state index contributed by atoms with van der Waals surface area (Å²) in [5, 5.41) is 0. The van der Waals surface area contributed by atoms with Crippen molar-refractivity contribution < 1.29 is 0 Å². The molecule has 0 unspecified atom stereocenters. The van der Waals surface area contributed by atoms with Crippen molar-refractivity contribution in [2.45, 2.75) is 52.7 Å². The summed E-state index contributed by atoms with van der Waals surface area (Å²) in [6, 6.07) is 17.8. The van der Waals surface area contributed by atoms with E-state index < -0.39 is 0 Å². The molecule has 0 saturated carbocycles. The van der Waals surface area contributed by atoms with Gasteiger partial charge in [-0.05, 0) is 43.2 Å². The van der Waals surface area contributed by atoms with Crippen LogP contribution in [0.5, 0.6) is 0 Å². The van der Waals surface area contributed by atoms with Gasteiger partial charge in [0.05, 0.1) is 20.7 Å². The molecule has 1 heterocycles. The lowest BCUT2D eigenvalue weighted by atomic mass is 10.2. The van der Waals surface area contributed by atoms with Crippen LogP contribution in [0.3, 0.4) is 0 Å². The van der Waals surface area contributed by atoms with Gasteiger partial charge in [0.25, 0.3) is 0 Å². The maximum absolute atomic E-state index is 2.45. The van der Waals surface area contributed by atoms with Crippen molar-refractivity contribution >= 4 is 22.7 Å². The Labute approximate surface area is 135 Å². The van der Waals surface area contributed by atoms with Crippen LogP contribution in [0, 0.1) is 0 Å². The lowest BCUT2D eigenvalue weighted by Crippen LogP contribution is -2.11. The molecular weight excluding hydrogens is 292 g/mol. The van der Waals surface area contributed by atoms with Gasteiger partial charge in [0.2, 0.25) is 0 Å². The number of hydrogen-bond acceptors (Lipinski definition) is 1. The normalized spacial score (nSPS) is 14.7. The molecule has 0 aliphatic carbocycles. The average molecular weight is 314 g/mol. The fourth-order valence-corrected chi connectivity index (χ4v) is 6.38. The molecule has 0 bridgehead atoms. The molecule has 2 heteroatoms. The van der Waals surface area contributed by atoms with E-state index in [1.54, 1.807) is 0 Å². The second-order valence-corrected chi connectivity index (χ2v) is 8.48. The molecule has 2 aromatic rings. The predicted octanol–water partition coefficient (Wildman–Crippen LogP) is 6.28. The van der Waals surface area contributed by atoms with Crippen LogP contribution in [-0.4, -0.2) is 0 Å². The summed E-state index contributed by atoms with van der Waals surface area (Å²) in [4.78, 5) is 7.34. The van der Waals surface area contributed by atoms with E-state index in [-0.39, 0.29) is 10.9 Å². The Balaban J connectivity index is 2.04. The molecule has 0 spiro atoms. The van der Waals surface area contributed by atoms with Gasteiger partial charge in [-0.2, -0.15) is 0 Å². The third kappa shape index (κ3) is 3.07. The summed E-state index contributed by atoms with van der Waals surface area (Å²) in [6.07, 6.45) is 6.20. The van der Waals surface area contributed by atoms with Gasteiger partial charge in [0, 0.05) is 6.92 Å². The first-order valence-corrected chi connectivity index (χ1v) is 9.62. The zero-order valence-corrected chi connectivity index (χ0v) is 14.3. The number of unbranched alkanes of at least 4 members (excludes halogenated alkanes) is 2. The Morgan fingerprint density at radius 3 is 2.14 bits per heavy atom. The molecule has 0 fully saturated rings. The number of allylic oxidation sites excluding steroid dienone is 2. The van der Waals surface area contributed by atoms with Crippen LogP contribution in [0.25, 0.3) is 0 Å². The monoisotopic (exact) mass is 313 g/mol. The van der Waals surface area contributed by atoms with Crippen molar-refractivity contribution in [2.75, 3.05) is 0 Å². The highest BCUT2D eigenvalue weighted by molar-refractivity contribution is 8.05. The predicted molar refractivity (Wildman–Crippen MR) is 94.2 cm³/mol. The molecular formula is C19H21S2+. The Hall–Kier alpha value is -1.12. The zero-order chi connectivity index (χ0) is 14.7. The maximum Gasteiger partial charge on any atom is 0.180 e. The molecule has 0 amide bonds.